The van der Waals surface area contributed by atoms with Crippen LogP contribution in [0.5, 0.6) is 0 Å². The highest BCUT2D eigenvalue weighted by Gasteiger charge is 2.23. The van der Waals surface area contributed by atoms with Gasteiger partial charge in [-0.1, -0.05) is 0 Å². The van der Waals surface area contributed by atoms with Crippen LogP contribution in [0.4, 0.5) is 5.69 Å². The Balaban J connectivity index is 1.50. The Morgan fingerprint density at radius 2 is 1.90 bits per heavy atom. The molecule has 0 aliphatic carbocycles. The van der Waals surface area contributed by atoms with Crippen molar-refractivity contribution in [2.45, 2.75) is 38.7 Å². The van der Waals surface area contributed by atoms with Crippen LogP contribution in [0.1, 0.15) is 44.4 Å². The molecule has 1 aromatic rings. The lowest BCUT2D eigenvalue weighted by Crippen LogP contribution is -2.38. The van der Waals surface area contributed by atoms with Crippen LogP contribution in [0.25, 0.3) is 0 Å². The zero-order valence-corrected chi connectivity index (χ0v) is 13.0. The van der Waals surface area contributed by atoms with E-state index in [9.17, 15) is 5.11 Å². The summed E-state index contributed by atoms with van der Waals surface area (Å²) in [7, 11) is 0. The highest BCUT2D eigenvalue weighted by Crippen LogP contribution is 2.25. The number of pyridine rings is 1. The molecule has 1 N–H and O–H groups in total. The van der Waals surface area contributed by atoms with Crippen molar-refractivity contribution in [1.82, 2.24) is 9.88 Å². The molecule has 0 aromatic carbocycles. The van der Waals surface area contributed by atoms with Crippen molar-refractivity contribution < 1.29 is 5.11 Å². The number of anilines is 1. The zero-order valence-electron chi connectivity index (χ0n) is 13.0. The number of piperidine rings is 1. The second-order valence-corrected chi connectivity index (χ2v) is 6.56. The summed E-state index contributed by atoms with van der Waals surface area (Å²) in [5, 5.41) is 9.51. The average Bonchev–Trinajstić information content (AvgIpc) is 3.01. The molecule has 0 bridgehead atoms. The molecule has 1 aromatic heterocycles. The molecule has 2 fully saturated rings. The van der Waals surface area contributed by atoms with E-state index in [0.717, 1.165) is 24.7 Å². The molecule has 116 valence electrons. The minimum atomic E-state index is -0.481. The first-order valence-corrected chi connectivity index (χ1v) is 8.33. The minimum Gasteiger partial charge on any atom is -0.387 e. The Kier molecular flexibility index (Phi) is 4.76. The lowest BCUT2D eigenvalue weighted by Gasteiger charge is -2.35. The fraction of sp³-hybridized carbons (Fsp3) is 0.706. The molecule has 0 spiro atoms. The summed E-state index contributed by atoms with van der Waals surface area (Å²) in [6, 6.07) is 4.03. The van der Waals surface area contributed by atoms with Gasteiger partial charge in [-0.05, 0) is 63.7 Å². The maximum absolute atomic E-state index is 9.51. The summed E-state index contributed by atoms with van der Waals surface area (Å²) in [5.41, 5.74) is 1.95. The first-order valence-electron chi connectivity index (χ1n) is 8.33. The highest BCUT2D eigenvalue weighted by molar-refractivity contribution is 5.45. The van der Waals surface area contributed by atoms with Gasteiger partial charge in [-0.25, -0.2) is 0 Å². The fourth-order valence-corrected chi connectivity index (χ4v) is 3.54. The summed E-state index contributed by atoms with van der Waals surface area (Å²) < 4.78 is 0. The number of nitrogens with zero attached hydrogens (tertiary/aromatic N) is 3. The van der Waals surface area contributed by atoms with E-state index in [1.807, 2.05) is 12.3 Å². The van der Waals surface area contributed by atoms with Crippen molar-refractivity contribution >= 4 is 5.69 Å². The molecular formula is C17H27N3O. The van der Waals surface area contributed by atoms with Gasteiger partial charge in [0.2, 0.25) is 0 Å². The van der Waals surface area contributed by atoms with Gasteiger partial charge in [0, 0.05) is 19.6 Å². The van der Waals surface area contributed by atoms with E-state index in [1.54, 1.807) is 6.92 Å². The molecule has 3 heterocycles. The second kappa shape index (κ2) is 6.75. The number of hydrogen-bond acceptors (Lipinski definition) is 4. The van der Waals surface area contributed by atoms with Crippen molar-refractivity contribution in [3.05, 3.63) is 24.0 Å². The third-order valence-electron chi connectivity index (χ3n) is 4.89. The van der Waals surface area contributed by atoms with Crippen LogP contribution in [0.2, 0.25) is 0 Å². The molecule has 2 aliphatic rings. The van der Waals surface area contributed by atoms with Crippen LogP contribution in [-0.4, -0.2) is 47.7 Å². The lowest BCUT2D eigenvalue weighted by molar-refractivity contribution is 0.194. The van der Waals surface area contributed by atoms with Gasteiger partial charge >= 0.3 is 0 Å². The summed E-state index contributed by atoms with van der Waals surface area (Å²) in [5.74, 6) is 0.865. The van der Waals surface area contributed by atoms with Gasteiger partial charge in [0.25, 0.3) is 0 Å². The van der Waals surface area contributed by atoms with Crippen molar-refractivity contribution in [2.75, 3.05) is 37.6 Å². The van der Waals surface area contributed by atoms with E-state index in [-0.39, 0.29) is 0 Å². The number of rotatable bonds is 4. The second-order valence-electron chi connectivity index (χ2n) is 6.56. The van der Waals surface area contributed by atoms with E-state index in [0.29, 0.717) is 0 Å². The summed E-state index contributed by atoms with van der Waals surface area (Å²) in [6.45, 7) is 7.94. The maximum atomic E-state index is 9.51. The predicted octanol–water partition coefficient (Wildman–Crippen LogP) is 2.45. The number of aliphatic hydroxyl groups excluding tert-OH is 1. The molecular weight excluding hydrogens is 262 g/mol. The quantitative estimate of drug-likeness (QED) is 0.924. The molecule has 1 atom stereocenters. The van der Waals surface area contributed by atoms with Crippen molar-refractivity contribution in [2.24, 2.45) is 5.92 Å². The Morgan fingerprint density at radius 3 is 2.48 bits per heavy atom. The van der Waals surface area contributed by atoms with E-state index in [1.165, 1.54) is 51.0 Å². The van der Waals surface area contributed by atoms with Gasteiger partial charge in [-0.3, -0.25) is 4.98 Å². The topological polar surface area (TPSA) is 39.6 Å². The molecule has 1 unspecified atom stereocenters. The summed E-state index contributed by atoms with van der Waals surface area (Å²) >= 11 is 0. The predicted molar refractivity (Wildman–Crippen MR) is 85.5 cm³/mol. The van der Waals surface area contributed by atoms with E-state index < -0.39 is 6.10 Å². The van der Waals surface area contributed by atoms with Crippen LogP contribution < -0.4 is 4.90 Å². The van der Waals surface area contributed by atoms with Crippen LogP contribution in [0.15, 0.2) is 18.3 Å². The maximum Gasteiger partial charge on any atom is 0.0931 e. The molecule has 4 nitrogen and oxygen atoms in total. The Morgan fingerprint density at radius 1 is 1.19 bits per heavy atom. The van der Waals surface area contributed by atoms with Gasteiger partial charge in [-0.15, -0.1) is 0 Å². The number of hydrogen-bond donors (Lipinski definition) is 1. The number of aliphatic hydroxyl groups is 1. The SMILES string of the molecule is CC(O)c1ccc(N2CCC(CN3CCCC3)CC2)cn1. The van der Waals surface area contributed by atoms with E-state index in [2.05, 4.69) is 20.9 Å². The minimum absolute atomic E-state index is 0.481. The van der Waals surface area contributed by atoms with Crippen LogP contribution in [0, 0.1) is 5.92 Å². The summed E-state index contributed by atoms with van der Waals surface area (Å²) in [6.07, 6.45) is 6.78. The fourth-order valence-electron chi connectivity index (χ4n) is 3.54. The first kappa shape index (κ1) is 14.8. The molecule has 4 heteroatoms. The normalized spacial score (nSPS) is 22.7. The molecule has 3 rings (SSSR count). The molecule has 0 saturated carbocycles. The van der Waals surface area contributed by atoms with Crippen LogP contribution in [0.3, 0.4) is 0 Å². The average molecular weight is 289 g/mol. The molecule has 0 amide bonds. The first-order chi connectivity index (χ1) is 10.2. The molecule has 21 heavy (non-hydrogen) atoms. The molecule has 2 saturated heterocycles. The Bertz CT molecular complexity index is 432. The zero-order chi connectivity index (χ0) is 14.7. The lowest BCUT2D eigenvalue weighted by atomic mass is 9.96. The van der Waals surface area contributed by atoms with Crippen molar-refractivity contribution in [1.29, 1.82) is 0 Å². The van der Waals surface area contributed by atoms with Crippen LogP contribution >= 0.6 is 0 Å². The van der Waals surface area contributed by atoms with Crippen molar-refractivity contribution in [3.63, 3.8) is 0 Å². The summed E-state index contributed by atoms with van der Waals surface area (Å²) in [4.78, 5) is 9.42. The van der Waals surface area contributed by atoms with Crippen LogP contribution in [-0.2, 0) is 0 Å². The van der Waals surface area contributed by atoms with Gasteiger partial charge in [0.05, 0.1) is 23.7 Å². The monoisotopic (exact) mass is 289 g/mol. The van der Waals surface area contributed by atoms with Gasteiger partial charge < -0.3 is 14.9 Å². The Labute approximate surface area is 127 Å². The largest absolute Gasteiger partial charge is 0.387 e. The third kappa shape index (κ3) is 3.74. The van der Waals surface area contributed by atoms with Gasteiger partial charge in [-0.2, -0.15) is 0 Å². The van der Waals surface area contributed by atoms with Gasteiger partial charge in [0.1, 0.15) is 0 Å². The van der Waals surface area contributed by atoms with E-state index >= 15 is 0 Å². The third-order valence-corrected chi connectivity index (χ3v) is 4.89. The molecule has 0 radical (unpaired) electrons. The van der Waals surface area contributed by atoms with Gasteiger partial charge in [0.15, 0.2) is 0 Å². The van der Waals surface area contributed by atoms with Crippen molar-refractivity contribution in [3.8, 4) is 0 Å². The molecule has 2 aliphatic heterocycles. The Hall–Kier alpha value is -1.13. The smallest absolute Gasteiger partial charge is 0.0931 e. The standard InChI is InChI=1S/C17H27N3O/c1-14(21)17-5-4-16(12-18-17)20-10-6-15(7-11-20)13-19-8-2-3-9-19/h4-5,12,14-15,21H,2-3,6-11,13H2,1H3. The number of likely N-dealkylation sites (tertiary alicyclic amines) is 1. The van der Waals surface area contributed by atoms with E-state index in [4.69, 9.17) is 0 Å². The number of aromatic nitrogens is 1. The highest BCUT2D eigenvalue weighted by atomic mass is 16.3.